The highest BCUT2D eigenvalue weighted by molar-refractivity contribution is 6.12. The largest absolute Gasteiger partial charge is 0.435 e. The van der Waals surface area contributed by atoms with E-state index in [1.165, 1.54) is 22.3 Å². The average Bonchev–Trinajstić information content (AvgIpc) is 3.98. The molecule has 0 bridgehead atoms. The molecule has 0 N–H and O–H groups in total. The highest BCUT2D eigenvalue weighted by atomic mass is 16.3. The SMILES string of the molecule is CC1(C)c2cc(-n3c4ccc(-c5ccccc5)cc4c4cc(-c5nc(-c6ccccc6)nc(-c6ccccc6)n5)ccc43)ccc2-c2c1ccc1nc(-c3ccccc3)oc21. The van der Waals surface area contributed by atoms with Gasteiger partial charge in [-0.1, -0.05) is 141 Å². The molecule has 0 unspecified atom stereocenters. The van der Waals surface area contributed by atoms with Crippen molar-refractivity contribution in [3.8, 4) is 73.6 Å². The van der Waals surface area contributed by atoms with Gasteiger partial charge in [0.05, 0.1) is 11.0 Å². The molecule has 0 saturated carbocycles. The van der Waals surface area contributed by atoms with Crippen molar-refractivity contribution in [2.45, 2.75) is 19.3 Å². The molecule has 6 nitrogen and oxygen atoms in total. The Hall–Kier alpha value is -7.96. The van der Waals surface area contributed by atoms with Crippen LogP contribution in [0.1, 0.15) is 25.0 Å². The van der Waals surface area contributed by atoms with Crippen LogP contribution in [-0.2, 0) is 5.41 Å². The zero-order valence-electron chi connectivity index (χ0n) is 33.5. The van der Waals surface area contributed by atoms with Gasteiger partial charge in [-0.3, -0.25) is 0 Å². The van der Waals surface area contributed by atoms with E-state index in [-0.39, 0.29) is 5.41 Å². The van der Waals surface area contributed by atoms with E-state index in [1.54, 1.807) is 0 Å². The number of benzene rings is 8. The fraction of sp³-hybridized carbons (Fsp3) is 0.0545. The van der Waals surface area contributed by atoms with Crippen LogP contribution in [0.2, 0.25) is 0 Å². The molecule has 12 rings (SSSR count). The first-order valence-electron chi connectivity index (χ1n) is 20.6. The number of hydrogen-bond acceptors (Lipinski definition) is 5. The van der Waals surface area contributed by atoms with E-state index in [0.717, 1.165) is 72.0 Å². The van der Waals surface area contributed by atoms with Crippen molar-refractivity contribution in [3.63, 3.8) is 0 Å². The standard InChI is InChI=1S/C55H37N5O/c1-55(2)44-27-28-46-50(61-54(56-46)37-21-13-6-14-22-37)49(44)41-26-25-40(33-45(41)55)60-47-29-23-38(34-15-7-3-8-16-34)31-42(47)43-32-39(24-30-48(43)60)53-58-51(35-17-9-4-10-18-35)57-52(59-53)36-19-11-5-12-20-36/h3-33H,1-2H3. The summed E-state index contributed by atoms with van der Waals surface area (Å²) in [5, 5.41) is 2.27. The second-order valence-electron chi connectivity index (χ2n) is 16.3. The van der Waals surface area contributed by atoms with Crippen molar-refractivity contribution in [1.82, 2.24) is 24.5 Å². The van der Waals surface area contributed by atoms with E-state index in [0.29, 0.717) is 23.4 Å². The Labute approximate surface area is 352 Å². The fourth-order valence-corrected chi connectivity index (χ4v) is 9.22. The van der Waals surface area contributed by atoms with Crippen LogP contribution in [0, 0.1) is 0 Å². The number of fused-ring (bicyclic) bond motifs is 8. The summed E-state index contributed by atoms with van der Waals surface area (Å²) in [6, 6.07) is 65.6. The van der Waals surface area contributed by atoms with Gasteiger partial charge in [0.1, 0.15) is 5.52 Å². The van der Waals surface area contributed by atoms with Gasteiger partial charge in [0.25, 0.3) is 0 Å². The average molecular weight is 784 g/mol. The number of aromatic nitrogens is 5. The Kier molecular flexibility index (Phi) is 7.78. The quantitative estimate of drug-likeness (QED) is 0.168. The summed E-state index contributed by atoms with van der Waals surface area (Å²) in [6.45, 7) is 4.63. The van der Waals surface area contributed by atoms with Crippen LogP contribution in [0.3, 0.4) is 0 Å². The molecule has 11 aromatic rings. The van der Waals surface area contributed by atoms with Crippen LogP contribution in [-0.4, -0.2) is 24.5 Å². The minimum atomic E-state index is -0.271. The lowest BCUT2D eigenvalue weighted by Crippen LogP contribution is -2.15. The fourth-order valence-electron chi connectivity index (χ4n) is 9.22. The first kappa shape index (κ1) is 35.0. The van der Waals surface area contributed by atoms with Gasteiger partial charge in [0, 0.05) is 49.7 Å². The number of rotatable bonds is 6. The minimum Gasteiger partial charge on any atom is -0.435 e. The summed E-state index contributed by atoms with van der Waals surface area (Å²) < 4.78 is 9.00. The normalized spacial score (nSPS) is 12.9. The van der Waals surface area contributed by atoms with Crippen LogP contribution in [0.5, 0.6) is 0 Å². The third-order valence-electron chi connectivity index (χ3n) is 12.3. The maximum Gasteiger partial charge on any atom is 0.227 e. The molecule has 6 heteroatoms. The van der Waals surface area contributed by atoms with E-state index in [1.807, 2.05) is 91.0 Å². The van der Waals surface area contributed by atoms with Gasteiger partial charge in [-0.15, -0.1) is 0 Å². The second-order valence-corrected chi connectivity index (χ2v) is 16.3. The summed E-state index contributed by atoms with van der Waals surface area (Å²) in [5.41, 5.74) is 15.6. The zero-order valence-corrected chi connectivity index (χ0v) is 33.5. The Morgan fingerprint density at radius 3 is 1.56 bits per heavy atom. The second kappa shape index (κ2) is 13.5. The lowest BCUT2D eigenvalue weighted by molar-refractivity contribution is 0.618. The molecule has 1 aliphatic rings. The van der Waals surface area contributed by atoms with Gasteiger partial charge in [0.15, 0.2) is 23.1 Å². The number of hydrogen-bond donors (Lipinski definition) is 0. The molecule has 1 aliphatic carbocycles. The topological polar surface area (TPSA) is 69.6 Å². The van der Waals surface area contributed by atoms with Gasteiger partial charge in [-0.05, 0) is 88.5 Å². The van der Waals surface area contributed by atoms with E-state index in [4.69, 9.17) is 24.4 Å². The molecular weight excluding hydrogens is 747 g/mol. The number of oxazole rings is 1. The Morgan fingerprint density at radius 1 is 0.426 bits per heavy atom. The molecule has 0 spiro atoms. The van der Waals surface area contributed by atoms with Crippen molar-refractivity contribution in [3.05, 3.63) is 199 Å². The van der Waals surface area contributed by atoms with Crippen LogP contribution >= 0.6 is 0 Å². The van der Waals surface area contributed by atoms with E-state index < -0.39 is 0 Å². The highest BCUT2D eigenvalue weighted by Crippen LogP contribution is 2.52. The first-order valence-corrected chi connectivity index (χ1v) is 20.6. The van der Waals surface area contributed by atoms with Crippen LogP contribution in [0.25, 0.3) is 106 Å². The summed E-state index contributed by atoms with van der Waals surface area (Å²) in [5.74, 6) is 2.54. The highest BCUT2D eigenvalue weighted by Gasteiger charge is 2.38. The molecule has 8 aromatic carbocycles. The zero-order chi connectivity index (χ0) is 40.7. The molecule has 288 valence electrons. The molecule has 0 fully saturated rings. The summed E-state index contributed by atoms with van der Waals surface area (Å²) in [7, 11) is 0. The number of nitrogens with zero attached hydrogens (tertiary/aromatic N) is 5. The monoisotopic (exact) mass is 783 g/mol. The minimum absolute atomic E-state index is 0.271. The van der Waals surface area contributed by atoms with Crippen molar-refractivity contribution >= 4 is 32.9 Å². The lowest BCUT2D eigenvalue weighted by atomic mass is 9.82. The van der Waals surface area contributed by atoms with Gasteiger partial charge < -0.3 is 8.98 Å². The Balaban J connectivity index is 1.05. The third kappa shape index (κ3) is 5.64. The lowest BCUT2D eigenvalue weighted by Gasteiger charge is -2.22. The predicted molar refractivity (Wildman–Crippen MR) is 246 cm³/mol. The predicted octanol–water partition coefficient (Wildman–Crippen LogP) is 13.8. The molecule has 61 heavy (non-hydrogen) atoms. The molecule has 3 aromatic heterocycles. The first-order chi connectivity index (χ1) is 30.0. The summed E-state index contributed by atoms with van der Waals surface area (Å²) in [4.78, 5) is 20.1. The van der Waals surface area contributed by atoms with E-state index in [9.17, 15) is 0 Å². The summed E-state index contributed by atoms with van der Waals surface area (Å²) in [6.07, 6.45) is 0. The van der Waals surface area contributed by atoms with E-state index >= 15 is 0 Å². The summed E-state index contributed by atoms with van der Waals surface area (Å²) >= 11 is 0. The van der Waals surface area contributed by atoms with Gasteiger partial charge in [-0.2, -0.15) is 0 Å². The smallest absolute Gasteiger partial charge is 0.227 e. The molecule has 3 heterocycles. The molecule has 0 radical (unpaired) electrons. The Morgan fingerprint density at radius 2 is 0.951 bits per heavy atom. The van der Waals surface area contributed by atoms with Gasteiger partial charge in [-0.25, -0.2) is 19.9 Å². The van der Waals surface area contributed by atoms with Gasteiger partial charge >= 0.3 is 0 Å². The molecular formula is C55H37N5O. The third-order valence-corrected chi connectivity index (χ3v) is 12.3. The van der Waals surface area contributed by atoms with Crippen molar-refractivity contribution in [2.24, 2.45) is 0 Å². The molecule has 0 atom stereocenters. The molecule has 0 saturated heterocycles. The van der Waals surface area contributed by atoms with Gasteiger partial charge in [0.2, 0.25) is 5.89 Å². The van der Waals surface area contributed by atoms with Crippen molar-refractivity contribution in [2.75, 3.05) is 0 Å². The maximum atomic E-state index is 6.59. The van der Waals surface area contributed by atoms with Crippen LogP contribution < -0.4 is 0 Å². The molecule has 0 amide bonds. The van der Waals surface area contributed by atoms with Crippen molar-refractivity contribution in [1.29, 1.82) is 0 Å². The Bertz CT molecular complexity index is 3420. The van der Waals surface area contributed by atoms with Crippen molar-refractivity contribution < 1.29 is 4.42 Å². The maximum absolute atomic E-state index is 6.59. The van der Waals surface area contributed by atoms with E-state index in [2.05, 4.69) is 115 Å². The molecule has 0 aliphatic heterocycles. The van der Waals surface area contributed by atoms with Crippen LogP contribution in [0.15, 0.2) is 192 Å². The van der Waals surface area contributed by atoms with Crippen LogP contribution in [0.4, 0.5) is 0 Å².